The molecule has 0 unspecified atom stereocenters. The third kappa shape index (κ3) is 6.92. The van der Waals surface area contributed by atoms with Crippen molar-refractivity contribution >= 4 is 51.1 Å². The molecule has 0 aliphatic heterocycles. The van der Waals surface area contributed by atoms with Gasteiger partial charge in [-0.15, -0.1) is 11.3 Å². The fourth-order valence-electron chi connectivity index (χ4n) is 2.84. The van der Waals surface area contributed by atoms with Crippen molar-refractivity contribution < 1.29 is 37.4 Å². The number of ether oxygens (including phenoxy) is 1. The first-order valence-electron chi connectivity index (χ1n) is 9.97. The zero-order valence-electron chi connectivity index (χ0n) is 18.4. The molecule has 1 heterocycles. The first kappa shape index (κ1) is 26.9. The minimum Gasteiger partial charge on any atom is -0.508 e. The number of carbonyl (C=O) groups excluding carboxylic acids is 3. The summed E-state index contributed by atoms with van der Waals surface area (Å²) in [6.07, 6.45) is -3.68. The lowest BCUT2D eigenvalue weighted by atomic mass is 10.1. The van der Waals surface area contributed by atoms with Crippen LogP contribution in [0.25, 0.3) is 6.08 Å². The topological polar surface area (TPSA) is 118 Å². The molecule has 0 fully saturated rings. The SMILES string of the molecule is COC(=O)C(=Cc1nc(C(F)(F)F)cs1)NC(=O)c1ccc(C(=O)NCc2cccc(O)c2)cc1Br. The van der Waals surface area contributed by atoms with E-state index >= 15 is 0 Å². The molecule has 0 spiro atoms. The van der Waals surface area contributed by atoms with Crippen LogP contribution in [-0.2, 0) is 22.3 Å². The van der Waals surface area contributed by atoms with Crippen molar-refractivity contribution in [2.75, 3.05) is 7.11 Å². The van der Waals surface area contributed by atoms with Gasteiger partial charge in [-0.3, -0.25) is 9.59 Å². The first-order chi connectivity index (χ1) is 17.0. The largest absolute Gasteiger partial charge is 0.508 e. The molecule has 0 atom stereocenters. The van der Waals surface area contributed by atoms with E-state index in [9.17, 15) is 32.7 Å². The van der Waals surface area contributed by atoms with Crippen LogP contribution in [0.4, 0.5) is 13.2 Å². The zero-order chi connectivity index (χ0) is 26.5. The second-order valence-corrected chi connectivity index (χ2v) is 8.86. The Balaban J connectivity index is 1.74. The Bertz CT molecular complexity index is 1340. The van der Waals surface area contributed by atoms with Gasteiger partial charge < -0.3 is 20.5 Å². The van der Waals surface area contributed by atoms with Gasteiger partial charge in [0.2, 0.25) is 0 Å². The van der Waals surface area contributed by atoms with E-state index in [1.807, 2.05) is 0 Å². The number of amides is 2. The van der Waals surface area contributed by atoms with Gasteiger partial charge in [0.25, 0.3) is 11.8 Å². The van der Waals surface area contributed by atoms with E-state index in [0.717, 1.165) is 18.6 Å². The second-order valence-electron chi connectivity index (χ2n) is 7.12. The lowest BCUT2D eigenvalue weighted by Gasteiger charge is -2.11. The van der Waals surface area contributed by atoms with Crippen LogP contribution in [-0.4, -0.2) is 35.0 Å². The minimum atomic E-state index is -4.65. The van der Waals surface area contributed by atoms with Gasteiger partial charge in [-0.2, -0.15) is 13.2 Å². The van der Waals surface area contributed by atoms with Gasteiger partial charge in [0.15, 0.2) is 5.69 Å². The molecular formula is C23H17BrF3N3O5S. The normalized spacial score (nSPS) is 11.6. The molecule has 2 amide bonds. The van der Waals surface area contributed by atoms with Crippen molar-refractivity contribution in [2.24, 2.45) is 0 Å². The third-order valence-electron chi connectivity index (χ3n) is 4.57. The molecule has 0 bridgehead atoms. The van der Waals surface area contributed by atoms with Crippen LogP contribution in [0.1, 0.15) is 37.0 Å². The van der Waals surface area contributed by atoms with Gasteiger partial charge in [0.1, 0.15) is 16.5 Å². The molecule has 3 aromatic rings. The molecule has 3 rings (SSSR count). The molecule has 0 aliphatic carbocycles. The van der Waals surface area contributed by atoms with Crippen molar-refractivity contribution in [1.82, 2.24) is 15.6 Å². The Morgan fingerprint density at radius 1 is 1.17 bits per heavy atom. The highest BCUT2D eigenvalue weighted by atomic mass is 79.9. The third-order valence-corrected chi connectivity index (χ3v) is 6.02. The van der Waals surface area contributed by atoms with Crippen molar-refractivity contribution in [3.05, 3.63) is 85.4 Å². The van der Waals surface area contributed by atoms with Crippen LogP contribution >= 0.6 is 27.3 Å². The molecule has 2 aromatic carbocycles. The number of aromatic hydroxyl groups is 1. The summed E-state index contributed by atoms with van der Waals surface area (Å²) in [4.78, 5) is 40.7. The number of alkyl halides is 3. The van der Waals surface area contributed by atoms with E-state index in [1.54, 1.807) is 12.1 Å². The highest BCUT2D eigenvalue weighted by molar-refractivity contribution is 9.10. The fourth-order valence-corrected chi connectivity index (χ4v) is 4.16. The predicted octanol–water partition coefficient (Wildman–Crippen LogP) is 4.50. The summed E-state index contributed by atoms with van der Waals surface area (Å²) < 4.78 is 43.2. The number of nitrogens with one attached hydrogen (secondary N) is 2. The molecule has 36 heavy (non-hydrogen) atoms. The van der Waals surface area contributed by atoms with Crippen molar-refractivity contribution in [3.63, 3.8) is 0 Å². The number of methoxy groups -OCH3 is 1. The Morgan fingerprint density at radius 3 is 2.53 bits per heavy atom. The van der Waals surface area contributed by atoms with Gasteiger partial charge in [0.05, 0.1) is 12.7 Å². The summed E-state index contributed by atoms with van der Waals surface area (Å²) in [5.74, 6) is -2.15. The molecule has 0 aliphatic rings. The lowest BCUT2D eigenvalue weighted by Crippen LogP contribution is -2.28. The fraction of sp³-hybridized carbons (Fsp3) is 0.130. The Hall–Kier alpha value is -3.71. The molecule has 0 radical (unpaired) electrons. The lowest BCUT2D eigenvalue weighted by molar-refractivity contribution is -0.140. The second kappa shape index (κ2) is 11.4. The molecule has 1 aromatic heterocycles. The Kier molecular flexibility index (Phi) is 8.48. The summed E-state index contributed by atoms with van der Waals surface area (Å²) in [7, 11) is 1.05. The van der Waals surface area contributed by atoms with Gasteiger partial charge >= 0.3 is 12.1 Å². The monoisotopic (exact) mass is 583 g/mol. The number of esters is 1. The first-order valence-corrected chi connectivity index (χ1v) is 11.6. The van der Waals surface area contributed by atoms with Gasteiger partial charge in [-0.25, -0.2) is 9.78 Å². The number of benzene rings is 2. The highest BCUT2D eigenvalue weighted by Gasteiger charge is 2.33. The van der Waals surface area contributed by atoms with E-state index in [1.165, 1.54) is 30.3 Å². The van der Waals surface area contributed by atoms with Crippen molar-refractivity contribution in [2.45, 2.75) is 12.7 Å². The maximum Gasteiger partial charge on any atom is 0.434 e. The Morgan fingerprint density at radius 2 is 1.92 bits per heavy atom. The van der Waals surface area contributed by atoms with Crippen LogP contribution < -0.4 is 10.6 Å². The highest BCUT2D eigenvalue weighted by Crippen LogP contribution is 2.30. The number of phenolic OH excluding ortho intramolecular Hbond substituents is 1. The summed E-state index contributed by atoms with van der Waals surface area (Å²) >= 11 is 3.85. The van der Waals surface area contributed by atoms with Crippen molar-refractivity contribution in [1.29, 1.82) is 0 Å². The standard InChI is InChI=1S/C23H17BrF3N3O5S/c1-35-22(34)17(9-19-30-18(11-36-19)23(25,26)27)29-21(33)15-6-5-13(8-16(15)24)20(32)28-10-12-3-2-4-14(31)7-12/h2-9,11,31H,10H2,1H3,(H,28,32)(H,29,33). The molecule has 0 saturated carbocycles. The van der Waals surface area contributed by atoms with Gasteiger partial charge in [0, 0.05) is 28.0 Å². The van der Waals surface area contributed by atoms with E-state index in [2.05, 4.69) is 36.3 Å². The maximum absolute atomic E-state index is 12.8. The zero-order valence-corrected chi connectivity index (χ0v) is 20.8. The minimum absolute atomic E-state index is 0.0458. The van der Waals surface area contributed by atoms with Gasteiger partial charge in [-0.05, 0) is 51.8 Å². The van der Waals surface area contributed by atoms with E-state index in [-0.39, 0.29) is 32.9 Å². The van der Waals surface area contributed by atoms with Crippen LogP contribution in [0, 0.1) is 0 Å². The van der Waals surface area contributed by atoms with Crippen LogP contribution in [0.2, 0.25) is 0 Å². The molecule has 188 valence electrons. The number of halogens is 4. The number of carbonyl (C=O) groups is 3. The molecule has 0 saturated heterocycles. The summed E-state index contributed by atoms with van der Waals surface area (Å²) in [5, 5.41) is 15.1. The number of aromatic nitrogens is 1. The number of nitrogens with zero attached hydrogens (tertiary/aromatic N) is 1. The Labute approximate surface area is 214 Å². The van der Waals surface area contributed by atoms with E-state index < -0.39 is 35.4 Å². The number of thiazole rings is 1. The van der Waals surface area contributed by atoms with Crippen LogP contribution in [0.3, 0.4) is 0 Å². The van der Waals surface area contributed by atoms with Gasteiger partial charge in [-0.1, -0.05) is 12.1 Å². The van der Waals surface area contributed by atoms with Crippen molar-refractivity contribution in [3.8, 4) is 5.75 Å². The molecule has 8 nitrogen and oxygen atoms in total. The average molecular weight is 584 g/mol. The quantitative estimate of drug-likeness (QED) is 0.278. The smallest absolute Gasteiger partial charge is 0.434 e. The van der Waals surface area contributed by atoms with Crippen LogP contribution in [0.15, 0.2) is 58.0 Å². The maximum atomic E-state index is 12.8. The summed E-state index contributed by atoms with van der Waals surface area (Å²) in [5.41, 5.74) is -0.599. The van der Waals surface area contributed by atoms with E-state index in [4.69, 9.17) is 0 Å². The number of rotatable bonds is 7. The van der Waals surface area contributed by atoms with E-state index in [0.29, 0.717) is 16.9 Å². The summed E-state index contributed by atoms with van der Waals surface area (Å²) in [6.45, 7) is 0.160. The molecule has 3 N–H and O–H groups in total. The molecular weight excluding hydrogens is 567 g/mol. The molecule has 13 heteroatoms. The number of hydrogen-bond donors (Lipinski definition) is 3. The van der Waals surface area contributed by atoms with Crippen LogP contribution in [0.5, 0.6) is 5.75 Å². The number of hydrogen-bond acceptors (Lipinski definition) is 7. The average Bonchev–Trinajstić information content (AvgIpc) is 3.30. The predicted molar refractivity (Wildman–Crippen MR) is 128 cm³/mol. The number of phenols is 1. The summed E-state index contributed by atoms with van der Waals surface area (Å²) in [6, 6.07) is 10.5.